The van der Waals surface area contributed by atoms with Gasteiger partial charge in [0.1, 0.15) is 5.82 Å². The van der Waals surface area contributed by atoms with Crippen LogP contribution in [0, 0.1) is 5.82 Å². The zero-order chi connectivity index (χ0) is 19.7. The highest BCUT2D eigenvalue weighted by Crippen LogP contribution is 2.34. The summed E-state index contributed by atoms with van der Waals surface area (Å²) in [5.74, 6) is -0.761. The predicted molar refractivity (Wildman–Crippen MR) is 102 cm³/mol. The minimum Gasteiger partial charge on any atom is -0.459 e. The Morgan fingerprint density at radius 1 is 1.11 bits per heavy atom. The van der Waals surface area contributed by atoms with Crippen LogP contribution >= 0.6 is 0 Å². The first-order chi connectivity index (χ1) is 13.4. The number of fused-ring (bicyclic) bond motifs is 1. The molecule has 1 aliphatic heterocycles. The van der Waals surface area contributed by atoms with E-state index in [0.717, 1.165) is 24.1 Å². The van der Waals surface area contributed by atoms with Gasteiger partial charge in [0.05, 0.1) is 16.8 Å². The van der Waals surface area contributed by atoms with Gasteiger partial charge in [0.2, 0.25) is 0 Å². The molecule has 0 atom stereocenters. The molecule has 0 radical (unpaired) electrons. The third kappa shape index (κ3) is 3.38. The van der Waals surface area contributed by atoms with Crippen LogP contribution in [0.15, 0.2) is 70.2 Å². The summed E-state index contributed by atoms with van der Waals surface area (Å²) in [7, 11) is -3.85. The summed E-state index contributed by atoms with van der Waals surface area (Å²) < 4.78 is 45.7. The lowest BCUT2D eigenvalue weighted by atomic mass is 10.0. The molecule has 0 spiro atoms. The second kappa shape index (κ2) is 7.12. The maximum atomic E-state index is 13.2. The minimum atomic E-state index is -3.85. The number of furan rings is 1. The van der Waals surface area contributed by atoms with E-state index in [4.69, 9.17) is 4.42 Å². The second-order valence-corrected chi connectivity index (χ2v) is 8.27. The van der Waals surface area contributed by atoms with Gasteiger partial charge >= 0.3 is 0 Å². The number of anilines is 2. The van der Waals surface area contributed by atoms with Crippen LogP contribution in [-0.4, -0.2) is 20.9 Å². The van der Waals surface area contributed by atoms with E-state index in [0.29, 0.717) is 24.3 Å². The second-order valence-electron chi connectivity index (χ2n) is 6.41. The lowest BCUT2D eigenvalue weighted by Gasteiger charge is -2.31. The first kappa shape index (κ1) is 18.2. The van der Waals surface area contributed by atoms with E-state index in [9.17, 15) is 17.6 Å². The number of nitrogens with zero attached hydrogens (tertiary/aromatic N) is 1. The fourth-order valence-electron chi connectivity index (χ4n) is 3.20. The lowest BCUT2D eigenvalue weighted by molar-refractivity contribution is 0.0996. The Kier molecular flexibility index (Phi) is 4.64. The quantitative estimate of drug-likeness (QED) is 0.722. The van der Waals surface area contributed by atoms with Crippen molar-refractivity contribution in [3.05, 3.63) is 78.0 Å². The molecule has 8 heteroatoms. The molecule has 3 aromatic rings. The van der Waals surface area contributed by atoms with Crippen molar-refractivity contribution < 1.29 is 22.0 Å². The van der Waals surface area contributed by atoms with Crippen molar-refractivity contribution in [1.29, 1.82) is 0 Å². The number of carbonyl (C=O) groups excluding carboxylic acids is 1. The van der Waals surface area contributed by atoms with Crippen molar-refractivity contribution in [3.8, 4) is 0 Å². The van der Waals surface area contributed by atoms with Crippen molar-refractivity contribution in [3.63, 3.8) is 0 Å². The molecular formula is C20H17FN2O4S. The summed E-state index contributed by atoms with van der Waals surface area (Å²) in [5, 5.41) is 2.71. The standard InChI is InChI=1S/C20H17FN2O4S/c21-15-6-9-17(10-7-15)28(25,26)23-11-1-3-14-5-8-16(13-18(14)23)22-20(24)19-4-2-12-27-19/h2,4-10,12-13H,1,3,11H2,(H,22,24). The Bertz CT molecular complexity index is 1110. The van der Waals surface area contributed by atoms with E-state index in [1.54, 1.807) is 30.3 Å². The molecule has 1 aromatic heterocycles. The molecule has 0 saturated carbocycles. The highest BCUT2D eigenvalue weighted by atomic mass is 32.2. The summed E-state index contributed by atoms with van der Waals surface area (Å²) in [6.45, 7) is 0.308. The van der Waals surface area contributed by atoms with Crippen molar-refractivity contribution in [1.82, 2.24) is 0 Å². The maximum Gasteiger partial charge on any atom is 0.291 e. The lowest BCUT2D eigenvalue weighted by Crippen LogP contribution is -2.35. The van der Waals surface area contributed by atoms with Gasteiger partial charge in [-0.25, -0.2) is 12.8 Å². The smallest absolute Gasteiger partial charge is 0.291 e. The summed E-state index contributed by atoms with van der Waals surface area (Å²) in [4.78, 5) is 12.2. The Hall–Kier alpha value is -3.13. The fraction of sp³-hybridized carbons (Fsp3) is 0.150. The van der Waals surface area contributed by atoms with E-state index in [1.165, 1.54) is 22.7 Å². The highest BCUT2D eigenvalue weighted by Gasteiger charge is 2.29. The molecule has 0 bridgehead atoms. The van der Waals surface area contributed by atoms with Crippen molar-refractivity contribution in [2.45, 2.75) is 17.7 Å². The Morgan fingerprint density at radius 3 is 2.61 bits per heavy atom. The Labute approximate surface area is 161 Å². The van der Waals surface area contributed by atoms with Gasteiger partial charge in [0.15, 0.2) is 5.76 Å². The molecule has 1 N–H and O–H groups in total. The molecule has 0 unspecified atom stereocenters. The number of aryl methyl sites for hydroxylation is 1. The van der Waals surface area contributed by atoms with Crippen LogP contribution in [0.4, 0.5) is 15.8 Å². The van der Waals surface area contributed by atoms with Crippen molar-refractivity contribution >= 4 is 27.3 Å². The predicted octanol–water partition coefficient (Wildman–Crippen LogP) is 3.81. The number of carbonyl (C=O) groups is 1. The maximum absolute atomic E-state index is 13.2. The van der Waals surface area contributed by atoms with Crippen molar-refractivity contribution in [2.75, 3.05) is 16.2 Å². The van der Waals surface area contributed by atoms with Crippen LogP contribution in [-0.2, 0) is 16.4 Å². The fourth-order valence-corrected chi connectivity index (χ4v) is 4.74. The van der Waals surface area contributed by atoms with Crippen molar-refractivity contribution in [2.24, 2.45) is 0 Å². The number of halogens is 1. The van der Waals surface area contributed by atoms with Crippen LogP contribution in [0.2, 0.25) is 0 Å². The molecule has 0 saturated heterocycles. The summed E-state index contributed by atoms with van der Waals surface area (Å²) in [5.41, 5.74) is 1.84. The zero-order valence-electron chi connectivity index (χ0n) is 14.8. The summed E-state index contributed by atoms with van der Waals surface area (Å²) >= 11 is 0. The zero-order valence-corrected chi connectivity index (χ0v) is 15.6. The summed E-state index contributed by atoms with van der Waals surface area (Å²) in [6.07, 6.45) is 2.81. The third-order valence-corrected chi connectivity index (χ3v) is 6.39. The summed E-state index contributed by atoms with van der Waals surface area (Å²) in [6, 6.07) is 13.1. The van der Waals surface area contributed by atoms with Gasteiger partial charge in [-0.05, 0) is 66.9 Å². The van der Waals surface area contributed by atoms with Crippen LogP contribution in [0.1, 0.15) is 22.5 Å². The third-order valence-electron chi connectivity index (χ3n) is 4.57. The number of benzene rings is 2. The van der Waals surface area contributed by atoms with Crippen LogP contribution < -0.4 is 9.62 Å². The molecule has 2 aromatic carbocycles. The van der Waals surface area contributed by atoms with E-state index in [2.05, 4.69) is 5.32 Å². The number of hydrogen-bond donors (Lipinski definition) is 1. The van der Waals surface area contributed by atoms with Gasteiger partial charge in [0, 0.05) is 12.2 Å². The average molecular weight is 400 g/mol. The highest BCUT2D eigenvalue weighted by molar-refractivity contribution is 7.92. The number of sulfonamides is 1. The molecule has 144 valence electrons. The number of nitrogens with one attached hydrogen (secondary N) is 1. The van der Waals surface area contributed by atoms with E-state index < -0.39 is 21.7 Å². The van der Waals surface area contributed by atoms with Gasteiger partial charge in [-0.3, -0.25) is 9.10 Å². The average Bonchev–Trinajstić information content (AvgIpc) is 3.23. The Balaban J connectivity index is 1.68. The van der Waals surface area contributed by atoms with Gasteiger partial charge in [0.25, 0.3) is 15.9 Å². The van der Waals surface area contributed by atoms with E-state index >= 15 is 0 Å². The minimum absolute atomic E-state index is 0.0202. The largest absolute Gasteiger partial charge is 0.459 e. The first-order valence-electron chi connectivity index (χ1n) is 8.71. The topological polar surface area (TPSA) is 79.6 Å². The number of amides is 1. The first-order valence-corrected chi connectivity index (χ1v) is 10.2. The number of hydrogen-bond acceptors (Lipinski definition) is 4. The van der Waals surface area contributed by atoms with Gasteiger partial charge in [-0.15, -0.1) is 0 Å². The Morgan fingerprint density at radius 2 is 1.89 bits per heavy atom. The molecule has 0 aliphatic carbocycles. The van der Waals surface area contributed by atoms with Gasteiger partial charge in [-0.1, -0.05) is 6.07 Å². The molecule has 2 heterocycles. The number of rotatable bonds is 4. The van der Waals surface area contributed by atoms with E-state index in [-0.39, 0.29) is 10.7 Å². The molecule has 0 fully saturated rings. The van der Waals surface area contributed by atoms with Crippen LogP contribution in [0.25, 0.3) is 0 Å². The normalized spacial score (nSPS) is 13.8. The van der Waals surface area contributed by atoms with Crippen LogP contribution in [0.5, 0.6) is 0 Å². The van der Waals surface area contributed by atoms with E-state index in [1.807, 2.05) is 0 Å². The molecule has 1 aliphatic rings. The molecular weight excluding hydrogens is 383 g/mol. The van der Waals surface area contributed by atoms with Gasteiger partial charge < -0.3 is 9.73 Å². The SMILES string of the molecule is O=C(Nc1ccc2c(c1)N(S(=O)(=O)c1ccc(F)cc1)CCC2)c1ccco1. The van der Waals surface area contributed by atoms with Gasteiger partial charge in [-0.2, -0.15) is 0 Å². The molecule has 28 heavy (non-hydrogen) atoms. The van der Waals surface area contributed by atoms with Crippen LogP contribution in [0.3, 0.4) is 0 Å². The molecule has 1 amide bonds. The monoisotopic (exact) mass is 400 g/mol. The molecule has 4 rings (SSSR count). The molecule has 6 nitrogen and oxygen atoms in total.